The van der Waals surface area contributed by atoms with Gasteiger partial charge in [-0.3, -0.25) is 0 Å². The minimum absolute atomic E-state index is 0.396. The van der Waals surface area contributed by atoms with Gasteiger partial charge in [-0.1, -0.05) is 12.1 Å². The van der Waals surface area contributed by atoms with Crippen LogP contribution in [0.2, 0.25) is 0 Å². The quantitative estimate of drug-likeness (QED) is 0.790. The van der Waals surface area contributed by atoms with Gasteiger partial charge in [-0.2, -0.15) is 0 Å². The fraction of sp³-hybridized carbons (Fsp3) is 0.250. The van der Waals surface area contributed by atoms with Crippen LogP contribution in [-0.4, -0.2) is 29.2 Å². The van der Waals surface area contributed by atoms with Crippen LogP contribution in [0.1, 0.15) is 10.4 Å². The molecule has 1 aliphatic heterocycles. The fourth-order valence-corrected chi connectivity index (χ4v) is 2.37. The first-order chi connectivity index (χ1) is 7.68. The molecule has 4 nitrogen and oxygen atoms in total. The Balaban J connectivity index is 2.42. The highest BCUT2D eigenvalue weighted by Crippen LogP contribution is 2.32. The molecule has 0 bridgehead atoms. The van der Waals surface area contributed by atoms with E-state index in [1.165, 1.54) is 0 Å². The third kappa shape index (κ3) is 1.07. The molecule has 0 saturated heterocycles. The summed E-state index contributed by atoms with van der Waals surface area (Å²) in [6.07, 6.45) is 1.74. The van der Waals surface area contributed by atoms with Crippen molar-refractivity contribution in [3.63, 3.8) is 0 Å². The van der Waals surface area contributed by atoms with Gasteiger partial charge in [0.05, 0.1) is 16.8 Å². The minimum Gasteiger partial charge on any atom is -0.478 e. The first kappa shape index (κ1) is 9.27. The van der Waals surface area contributed by atoms with Crippen LogP contribution in [0.3, 0.4) is 0 Å². The van der Waals surface area contributed by atoms with Crippen molar-refractivity contribution in [2.24, 2.45) is 0 Å². The van der Waals surface area contributed by atoms with Gasteiger partial charge in [0.15, 0.2) is 0 Å². The lowest BCUT2D eigenvalue weighted by Crippen LogP contribution is -2.26. The number of benzene rings is 1. The van der Waals surface area contributed by atoms with Gasteiger partial charge in [0.1, 0.15) is 0 Å². The van der Waals surface area contributed by atoms with E-state index in [2.05, 4.69) is 4.90 Å². The molecule has 0 radical (unpaired) electrons. The number of nitrogens with zero attached hydrogens (tertiary/aromatic N) is 2. The number of rotatable bonds is 1. The van der Waals surface area contributed by atoms with E-state index in [1.54, 1.807) is 6.20 Å². The summed E-state index contributed by atoms with van der Waals surface area (Å²) in [5.41, 5.74) is 2.54. The minimum atomic E-state index is -0.856. The number of aromatic nitrogens is 1. The van der Waals surface area contributed by atoms with Crippen molar-refractivity contribution in [2.45, 2.75) is 6.54 Å². The van der Waals surface area contributed by atoms with Gasteiger partial charge in [0.2, 0.25) is 0 Å². The number of aromatic carboxylic acids is 1. The Morgan fingerprint density at radius 1 is 1.38 bits per heavy atom. The average molecular weight is 216 g/mol. The number of hydrogen-bond donors (Lipinski definition) is 1. The molecule has 2 heterocycles. The Labute approximate surface area is 92.7 Å². The zero-order chi connectivity index (χ0) is 11.3. The second-order valence-corrected chi connectivity index (χ2v) is 4.14. The van der Waals surface area contributed by atoms with Crippen LogP contribution in [0.15, 0.2) is 24.4 Å². The summed E-state index contributed by atoms with van der Waals surface area (Å²) in [7, 11) is 2.03. The molecule has 0 atom stereocenters. The lowest BCUT2D eigenvalue weighted by atomic mass is 10.1. The van der Waals surface area contributed by atoms with Crippen LogP contribution >= 0.6 is 0 Å². The first-order valence-corrected chi connectivity index (χ1v) is 5.25. The largest absolute Gasteiger partial charge is 0.478 e. The van der Waals surface area contributed by atoms with Gasteiger partial charge in [-0.25, -0.2) is 4.79 Å². The normalized spacial score (nSPS) is 14.4. The number of para-hydroxylation sites is 1. The van der Waals surface area contributed by atoms with Crippen LogP contribution in [0.4, 0.5) is 5.69 Å². The summed E-state index contributed by atoms with van der Waals surface area (Å²) in [6, 6.07) is 5.82. The monoisotopic (exact) mass is 216 g/mol. The van der Waals surface area contributed by atoms with Crippen molar-refractivity contribution in [2.75, 3.05) is 18.5 Å². The fourth-order valence-electron chi connectivity index (χ4n) is 2.37. The molecule has 1 aliphatic rings. The van der Waals surface area contributed by atoms with Gasteiger partial charge in [0.25, 0.3) is 0 Å². The van der Waals surface area contributed by atoms with Crippen LogP contribution in [0.25, 0.3) is 10.9 Å². The van der Waals surface area contributed by atoms with Crippen LogP contribution < -0.4 is 4.90 Å². The number of hydrogen-bond acceptors (Lipinski definition) is 2. The Hall–Kier alpha value is -1.97. The molecule has 0 amide bonds. The molecule has 0 unspecified atom stereocenters. The van der Waals surface area contributed by atoms with Crippen molar-refractivity contribution < 1.29 is 9.90 Å². The molecular weight excluding hydrogens is 204 g/mol. The Morgan fingerprint density at radius 2 is 2.19 bits per heavy atom. The Kier molecular flexibility index (Phi) is 1.74. The summed E-state index contributed by atoms with van der Waals surface area (Å²) >= 11 is 0. The number of carbonyl (C=O) groups is 1. The molecule has 82 valence electrons. The van der Waals surface area contributed by atoms with E-state index in [0.717, 1.165) is 29.7 Å². The molecule has 1 aromatic heterocycles. The molecule has 1 aromatic carbocycles. The third-order valence-electron chi connectivity index (χ3n) is 3.20. The topological polar surface area (TPSA) is 45.5 Å². The zero-order valence-electron chi connectivity index (χ0n) is 8.97. The maximum Gasteiger partial charge on any atom is 0.337 e. The van der Waals surface area contributed by atoms with E-state index in [0.29, 0.717) is 5.56 Å². The van der Waals surface area contributed by atoms with E-state index < -0.39 is 5.97 Å². The molecule has 0 spiro atoms. The molecule has 3 rings (SSSR count). The van der Waals surface area contributed by atoms with E-state index in [9.17, 15) is 4.79 Å². The molecule has 4 heteroatoms. The lowest BCUT2D eigenvalue weighted by molar-refractivity contribution is 0.0699. The number of carboxylic acid groups (broad SMARTS) is 1. The number of anilines is 1. The summed E-state index contributed by atoms with van der Waals surface area (Å²) in [4.78, 5) is 13.3. The highest BCUT2D eigenvalue weighted by Gasteiger charge is 2.21. The molecule has 16 heavy (non-hydrogen) atoms. The summed E-state index contributed by atoms with van der Waals surface area (Å²) < 4.78 is 2.04. The highest BCUT2D eigenvalue weighted by molar-refractivity contribution is 6.07. The van der Waals surface area contributed by atoms with Crippen LogP contribution in [0.5, 0.6) is 0 Å². The SMILES string of the molecule is CN1CCn2cc(C(=O)O)c3cccc1c32. The van der Waals surface area contributed by atoms with E-state index in [1.807, 2.05) is 29.8 Å². The molecule has 1 N–H and O–H groups in total. The van der Waals surface area contributed by atoms with Gasteiger partial charge < -0.3 is 14.6 Å². The molecule has 0 fully saturated rings. The molecule has 0 saturated carbocycles. The summed E-state index contributed by atoms with van der Waals surface area (Å²) in [5, 5.41) is 9.97. The predicted octanol–water partition coefficient (Wildman–Crippen LogP) is 1.79. The van der Waals surface area contributed by atoms with Crippen LogP contribution in [-0.2, 0) is 6.54 Å². The summed E-state index contributed by atoms with van der Waals surface area (Å²) in [6.45, 7) is 1.76. The second kappa shape index (κ2) is 3.01. The lowest BCUT2D eigenvalue weighted by Gasteiger charge is -2.26. The molecule has 0 aliphatic carbocycles. The van der Waals surface area contributed by atoms with Gasteiger partial charge in [-0.05, 0) is 6.07 Å². The highest BCUT2D eigenvalue weighted by atomic mass is 16.4. The van der Waals surface area contributed by atoms with E-state index in [-0.39, 0.29) is 0 Å². The first-order valence-electron chi connectivity index (χ1n) is 5.25. The van der Waals surface area contributed by atoms with Crippen molar-refractivity contribution in [3.8, 4) is 0 Å². The standard InChI is InChI=1S/C12H12N2O2/c1-13-5-6-14-7-9(12(15)16)8-3-2-4-10(13)11(8)14/h2-4,7H,5-6H2,1H3,(H,15,16). The van der Waals surface area contributed by atoms with E-state index >= 15 is 0 Å². The van der Waals surface area contributed by atoms with Gasteiger partial charge in [0, 0.05) is 31.7 Å². The number of likely N-dealkylation sites (N-methyl/N-ethyl adjacent to an activating group) is 1. The van der Waals surface area contributed by atoms with Crippen molar-refractivity contribution in [3.05, 3.63) is 30.0 Å². The number of carboxylic acids is 1. The Bertz CT molecular complexity index is 586. The predicted molar refractivity (Wildman–Crippen MR) is 62.2 cm³/mol. The second-order valence-electron chi connectivity index (χ2n) is 4.14. The van der Waals surface area contributed by atoms with E-state index in [4.69, 9.17) is 5.11 Å². The maximum atomic E-state index is 11.1. The molecule has 2 aromatic rings. The van der Waals surface area contributed by atoms with Gasteiger partial charge in [-0.15, -0.1) is 0 Å². The Morgan fingerprint density at radius 3 is 2.94 bits per heavy atom. The van der Waals surface area contributed by atoms with Crippen molar-refractivity contribution in [1.29, 1.82) is 0 Å². The smallest absolute Gasteiger partial charge is 0.337 e. The van der Waals surface area contributed by atoms with Crippen molar-refractivity contribution in [1.82, 2.24) is 4.57 Å². The average Bonchev–Trinajstić information content (AvgIpc) is 2.64. The maximum absolute atomic E-state index is 11.1. The zero-order valence-corrected chi connectivity index (χ0v) is 8.97. The summed E-state index contributed by atoms with van der Waals surface area (Å²) in [5.74, 6) is -0.856. The van der Waals surface area contributed by atoms with Crippen molar-refractivity contribution >= 4 is 22.6 Å². The molecular formula is C12H12N2O2. The van der Waals surface area contributed by atoms with Crippen LogP contribution in [0, 0.1) is 0 Å². The third-order valence-corrected chi connectivity index (χ3v) is 3.20. The van der Waals surface area contributed by atoms with Gasteiger partial charge >= 0.3 is 5.97 Å².